The number of aryl methyl sites for hydroxylation is 1. The maximum Gasteiger partial charge on any atom is 0.224 e. The van der Waals surface area contributed by atoms with Gasteiger partial charge in [0.2, 0.25) is 5.95 Å². The van der Waals surface area contributed by atoms with Gasteiger partial charge >= 0.3 is 0 Å². The van der Waals surface area contributed by atoms with Crippen molar-refractivity contribution in [2.45, 2.75) is 20.3 Å². The molecule has 7 heterocycles. The molecule has 0 amide bonds. The third-order valence-corrected chi connectivity index (χ3v) is 13.1. The molecule has 7 aromatic heterocycles. The molecule has 0 atom stereocenters. The highest BCUT2D eigenvalue weighted by Gasteiger charge is 2.25. The zero-order chi connectivity index (χ0) is 29.6. The molecule has 11 heteroatoms. The molecule has 0 aliphatic rings. The fourth-order valence-corrected chi connectivity index (χ4v) is 11.3. The summed E-state index contributed by atoms with van der Waals surface area (Å²) >= 11 is 7.95. The maximum absolute atomic E-state index is 16.0. The molecule has 1 aromatic carbocycles. The number of anilines is 1. The van der Waals surface area contributed by atoms with Gasteiger partial charge in [0.1, 0.15) is 16.7 Å². The molecule has 43 heavy (non-hydrogen) atoms. The van der Waals surface area contributed by atoms with E-state index in [0.29, 0.717) is 28.2 Å². The summed E-state index contributed by atoms with van der Waals surface area (Å²) in [5, 5.41) is 0. The number of aromatic nitrogens is 4. The Morgan fingerprint density at radius 3 is 2.23 bits per heavy atom. The van der Waals surface area contributed by atoms with Gasteiger partial charge in [-0.05, 0) is 54.3 Å². The number of thiophene rings is 4. The second-order valence-corrected chi connectivity index (χ2v) is 16.3. The van der Waals surface area contributed by atoms with Crippen molar-refractivity contribution in [3.63, 3.8) is 0 Å². The molecular weight excluding hydrogens is 634 g/mol. The van der Waals surface area contributed by atoms with Gasteiger partial charge in [0, 0.05) is 50.9 Å². The largest absolute Gasteiger partial charge is 0.378 e. The summed E-state index contributed by atoms with van der Waals surface area (Å²) in [5.41, 5.74) is 7.01. The molecule has 0 spiro atoms. The highest BCUT2D eigenvalue weighted by atomic mass is 32.1. The normalized spacial score (nSPS) is 12.3. The summed E-state index contributed by atoms with van der Waals surface area (Å²) in [6.07, 6.45) is 1.07. The van der Waals surface area contributed by atoms with Gasteiger partial charge in [-0.3, -0.25) is 0 Å². The van der Waals surface area contributed by atoms with Crippen molar-refractivity contribution in [3.8, 4) is 31.5 Å². The summed E-state index contributed by atoms with van der Waals surface area (Å²) in [4.78, 5) is 11.0. The van der Waals surface area contributed by atoms with Crippen molar-refractivity contribution >= 4 is 104 Å². The minimum absolute atomic E-state index is 0.442. The average molecular weight is 660 g/mol. The Labute approximate surface area is 267 Å². The highest BCUT2D eigenvalue weighted by molar-refractivity contribution is 7.31. The van der Waals surface area contributed by atoms with Gasteiger partial charge in [-0.2, -0.15) is 13.1 Å². The van der Waals surface area contributed by atoms with E-state index in [-0.39, 0.29) is 0 Å². The molecule has 0 saturated heterocycles. The zero-order valence-corrected chi connectivity index (χ0v) is 28.1. The van der Waals surface area contributed by atoms with Crippen molar-refractivity contribution in [2.24, 2.45) is 13.0 Å². The number of hydrogen-bond acceptors (Lipinski definition) is 9. The van der Waals surface area contributed by atoms with Crippen LogP contribution in [0.5, 0.6) is 0 Å². The standard InChI is InChI=1S/C32H26FN5S5/c1-15(2)10-18-11-19-30(39-18)31-20(38(19)5)12-25(42-31)27-29-28(35-43-36-29)26(32(33)34-27)24-14-23-22(41-24)13-21(40-23)16-6-8-17(9-7-16)37(3)4/h6-9,11-15H,10H2,1-5H3. The SMILES string of the molecule is CC(C)Cc1cc2c(s1)c1sc(-c3nc(F)c(-c4cc5sc(-c6ccc(N(C)C)cc6)cc5s4)c4nsnc34)cc1n2C. The first-order valence-corrected chi connectivity index (χ1v) is 17.9. The molecule has 8 aromatic rings. The van der Waals surface area contributed by atoms with Crippen LogP contribution in [0, 0.1) is 11.9 Å². The van der Waals surface area contributed by atoms with Crippen LogP contribution in [0.15, 0.2) is 48.5 Å². The lowest BCUT2D eigenvalue weighted by Crippen LogP contribution is -2.07. The van der Waals surface area contributed by atoms with Gasteiger partial charge in [-0.1, -0.05) is 26.0 Å². The lowest BCUT2D eigenvalue weighted by molar-refractivity contribution is 0.591. The van der Waals surface area contributed by atoms with Crippen molar-refractivity contribution < 1.29 is 4.39 Å². The van der Waals surface area contributed by atoms with Crippen molar-refractivity contribution in [1.29, 1.82) is 0 Å². The molecular formula is C32H26FN5S5. The lowest BCUT2D eigenvalue weighted by atomic mass is 10.1. The van der Waals surface area contributed by atoms with Crippen LogP contribution < -0.4 is 4.90 Å². The number of pyridine rings is 1. The van der Waals surface area contributed by atoms with Crippen LogP contribution in [0.25, 0.3) is 72.3 Å². The van der Waals surface area contributed by atoms with Crippen LogP contribution >= 0.6 is 57.1 Å². The summed E-state index contributed by atoms with van der Waals surface area (Å²) < 4.78 is 32.2. The van der Waals surface area contributed by atoms with Crippen LogP contribution in [0.2, 0.25) is 0 Å². The molecule has 0 aliphatic carbocycles. The molecule has 0 radical (unpaired) electrons. The minimum atomic E-state index is -0.499. The Kier molecular flexibility index (Phi) is 6.46. The Morgan fingerprint density at radius 1 is 0.814 bits per heavy atom. The summed E-state index contributed by atoms with van der Waals surface area (Å²) in [5.74, 6) is 0.113. The summed E-state index contributed by atoms with van der Waals surface area (Å²) in [6.45, 7) is 4.50. The van der Waals surface area contributed by atoms with Crippen molar-refractivity contribution in [2.75, 3.05) is 19.0 Å². The maximum atomic E-state index is 16.0. The molecule has 0 aliphatic heterocycles. The Morgan fingerprint density at radius 2 is 1.49 bits per heavy atom. The van der Waals surface area contributed by atoms with Gasteiger partial charge in [0.05, 0.1) is 42.6 Å². The topological polar surface area (TPSA) is 46.8 Å². The fourth-order valence-electron chi connectivity index (χ4n) is 5.61. The van der Waals surface area contributed by atoms with Crippen LogP contribution in [0.4, 0.5) is 10.1 Å². The first-order valence-electron chi connectivity index (χ1n) is 13.9. The van der Waals surface area contributed by atoms with E-state index >= 15 is 4.39 Å². The molecule has 0 saturated carbocycles. The predicted octanol–water partition coefficient (Wildman–Crippen LogP) is 10.5. The van der Waals surface area contributed by atoms with Crippen molar-refractivity contribution in [3.05, 3.63) is 59.4 Å². The van der Waals surface area contributed by atoms with E-state index in [1.165, 1.54) is 35.9 Å². The van der Waals surface area contributed by atoms with E-state index in [9.17, 15) is 0 Å². The number of benzene rings is 1. The molecule has 0 unspecified atom stereocenters. The predicted molar refractivity (Wildman–Crippen MR) is 187 cm³/mol. The van der Waals surface area contributed by atoms with Gasteiger partial charge in [-0.15, -0.1) is 45.3 Å². The minimum Gasteiger partial charge on any atom is -0.378 e. The smallest absolute Gasteiger partial charge is 0.224 e. The van der Waals surface area contributed by atoms with E-state index < -0.39 is 5.95 Å². The second-order valence-electron chi connectivity index (χ2n) is 11.4. The van der Waals surface area contributed by atoms with Gasteiger partial charge in [0.15, 0.2) is 0 Å². The van der Waals surface area contributed by atoms with Gasteiger partial charge < -0.3 is 9.47 Å². The summed E-state index contributed by atoms with van der Waals surface area (Å²) in [6, 6.07) is 17.3. The van der Waals surface area contributed by atoms with Gasteiger partial charge in [-0.25, -0.2) is 4.98 Å². The van der Waals surface area contributed by atoms with Crippen LogP contribution in [-0.2, 0) is 13.5 Å². The number of rotatable bonds is 6. The Balaban J connectivity index is 1.19. The fraction of sp³-hybridized carbons (Fsp3) is 0.219. The van der Waals surface area contributed by atoms with E-state index in [4.69, 9.17) is 0 Å². The lowest BCUT2D eigenvalue weighted by Gasteiger charge is -2.12. The molecule has 0 bridgehead atoms. The Bertz CT molecular complexity index is 2280. The van der Waals surface area contributed by atoms with E-state index in [0.717, 1.165) is 42.8 Å². The molecule has 8 rings (SSSR count). The molecule has 0 fully saturated rings. The molecule has 0 N–H and O–H groups in total. The quantitative estimate of drug-likeness (QED) is 0.167. The van der Waals surface area contributed by atoms with Crippen molar-refractivity contribution in [1.82, 2.24) is 18.3 Å². The highest BCUT2D eigenvalue weighted by Crippen LogP contribution is 2.47. The van der Waals surface area contributed by atoms with Crippen LogP contribution in [0.1, 0.15) is 18.7 Å². The first-order chi connectivity index (χ1) is 20.7. The summed E-state index contributed by atoms with van der Waals surface area (Å²) in [7, 11) is 6.19. The number of nitrogens with zero attached hydrogens (tertiary/aromatic N) is 5. The number of hydrogen-bond donors (Lipinski definition) is 0. The molecule has 5 nitrogen and oxygen atoms in total. The average Bonchev–Trinajstić information content (AvgIpc) is 3.80. The molecule has 216 valence electrons. The number of halogens is 1. The monoisotopic (exact) mass is 659 g/mol. The van der Waals surface area contributed by atoms with E-state index in [1.54, 1.807) is 34.0 Å². The number of fused-ring (bicyclic) bond motifs is 5. The first kappa shape index (κ1) is 27.3. The Hall–Kier alpha value is -3.22. The third-order valence-electron chi connectivity index (χ3n) is 7.74. The third kappa shape index (κ3) is 4.43. The van der Waals surface area contributed by atoms with Crippen LogP contribution in [-0.4, -0.2) is 32.4 Å². The second kappa shape index (κ2) is 10.2. The van der Waals surface area contributed by atoms with E-state index in [1.807, 2.05) is 25.4 Å². The zero-order valence-electron chi connectivity index (χ0n) is 24.1. The van der Waals surface area contributed by atoms with Crippen LogP contribution in [0.3, 0.4) is 0 Å². The van der Waals surface area contributed by atoms with Gasteiger partial charge in [0.25, 0.3) is 0 Å². The van der Waals surface area contributed by atoms with E-state index in [2.05, 4.69) is 92.6 Å².